The van der Waals surface area contributed by atoms with E-state index in [1.165, 1.54) is 42.5 Å². The van der Waals surface area contributed by atoms with Gasteiger partial charge in [0.05, 0.1) is 20.1 Å². The third-order valence-corrected chi connectivity index (χ3v) is 4.10. The van der Waals surface area contributed by atoms with Gasteiger partial charge in [-0.2, -0.15) is 0 Å². The second-order valence-corrected chi connectivity index (χ2v) is 5.69. The van der Waals surface area contributed by atoms with Crippen LogP contribution < -0.4 is 5.32 Å². The van der Waals surface area contributed by atoms with Crippen molar-refractivity contribution in [2.24, 2.45) is 0 Å². The predicted octanol–water partition coefficient (Wildman–Crippen LogP) is 3.37. The van der Waals surface area contributed by atoms with Crippen LogP contribution >= 0.6 is 11.3 Å². The van der Waals surface area contributed by atoms with Crippen LogP contribution in [0.5, 0.6) is 0 Å². The molecule has 0 unspecified atom stereocenters. The number of thiazole rings is 1. The van der Waals surface area contributed by atoms with Gasteiger partial charge in [-0.15, -0.1) is 0 Å². The number of fused-ring (bicyclic) bond motifs is 1. The molecule has 120 valence electrons. The zero-order valence-electron chi connectivity index (χ0n) is 11.8. The van der Waals surface area contributed by atoms with Crippen molar-refractivity contribution in [2.45, 2.75) is 0 Å². The van der Waals surface area contributed by atoms with Crippen molar-refractivity contribution in [3.63, 3.8) is 0 Å². The standard InChI is InChI=1S/C14H8N4O5S/c19-13(9-3-1-2-4-11(9)18(22)23)16-14-15-10-7-8(17(20)21)5-6-12(10)24-14/h1-7H,(H,15,16,19). The van der Waals surface area contributed by atoms with E-state index >= 15 is 0 Å². The van der Waals surface area contributed by atoms with Crippen molar-refractivity contribution in [2.75, 3.05) is 5.32 Å². The number of amides is 1. The van der Waals surface area contributed by atoms with Gasteiger partial charge in [0, 0.05) is 18.2 Å². The SMILES string of the molecule is O=C(Nc1nc2cc([N+](=O)[O-])ccc2s1)c1ccccc1[N+](=O)[O-]. The predicted molar refractivity (Wildman–Crippen MR) is 87.3 cm³/mol. The lowest BCUT2D eigenvalue weighted by Crippen LogP contribution is -2.13. The number of aromatic nitrogens is 1. The second-order valence-electron chi connectivity index (χ2n) is 4.66. The van der Waals surface area contributed by atoms with Crippen molar-refractivity contribution in [3.05, 3.63) is 68.3 Å². The van der Waals surface area contributed by atoms with Crippen molar-refractivity contribution in [1.82, 2.24) is 4.98 Å². The molecule has 1 N–H and O–H groups in total. The molecule has 0 atom stereocenters. The van der Waals surface area contributed by atoms with E-state index in [1.807, 2.05) is 0 Å². The monoisotopic (exact) mass is 344 g/mol. The number of anilines is 1. The third kappa shape index (κ3) is 2.90. The summed E-state index contributed by atoms with van der Waals surface area (Å²) in [6.45, 7) is 0. The quantitative estimate of drug-likeness (QED) is 0.571. The molecule has 0 saturated carbocycles. The molecule has 2 aromatic carbocycles. The number of benzene rings is 2. The van der Waals surface area contributed by atoms with Gasteiger partial charge in [0.25, 0.3) is 17.3 Å². The van der Waals surface area contributed by atoms with E-state index in [0.717, 1.165) is 11.3 Å². The molecule has 0 aliphatic heterocycles. The molecule has 3 rings (SSSR count). The maximum absolute atomic E-state index is 12.2. The molecule has 0 bridgehead atoms. The number of nitrogens with zero attached hydrogens (tertiary/aromatic N) is 3. The summed E-state index contributed by atoms with van der Waals surface area (Å²) < 4.78 is 0.651. The number of para-hydroxylation sites is 1. The van der Waals surface area contributed by atoms with Gasteiger partial charge in [0.2, 0.25) is 0 Å². The molecule has 3 aromatic rings. The molecule has 1 aromatic heterocycles. The Kier molecular flexibility index (Phi) is 3.88. The number of nitro benzene ring substituents is 2. The smallest absolute Gasteiger partial charge is 0.282 e. The summed E-state index contributed by atoms with van der Waals surface area (Å²) in [5.41, 5.74) is -0.143. The van der Waals surface area contributed by atoms with Crippen molar-refractivity contribution in [1.29, 1.82) is 0 Å². The largest absolute Gasteiger partial charge is 0.298 e. The highest BCUT2D eigenvalue weighted by molar-refractivity contribution is 7.22. The number of hydrogen-bond donors (Lipinski definition) is 1. The summed E-state index contributed by atoms with van der Waals surface area (Å²) in [5.74, 6) is -0.671. The maximum atomic E-state index is 12.2. The topological polar surface area (TPSA) is 128 Å². The van der Waals surface area contributed by atoms with Crippen LogP contribution in [-0.2, 0) is 0 Å². The Morgan fingerprint density at radius 1 is 1.08 bits per heavy atom. The van der Waals surface area contributed by atoms with Crippen LogP contribution in [0.25, 0.3) is 10.2 Å². The van der Waals surface area contributed by atoms with Gasteiger partial charge in [-0.1, -0.05) is 23.5 Å². The van der Waals surface area contributed by atoms with Crippen LogP contribution in [0.2, 0.25) is 0 Å². The lowest BCUT2D eigenvalue weighted by atomic mass is 10.1. The van der Waals surface area contributed by atoms with Crippen LogP contribution in [0.3, 0.4) is 0 Å². The molecule has 0 fully saturated rings. The average Bonchev–Trinajstić information content (AvgIpc) is 2.95. The van der Waals surface area contributed by atoms with Crippen molar-refractivity contribution in [3.8, 4) is 0 Å². The first kappa shape index (κ1) is 15.5. The van der Waals surface area contributed by atoms with Gasteiger partial charge in [0.15, 0.2) is 5.13 Å². The minimum absolute atomic E-state index is 0.0901. The van der Waals surface area contributed by atoms with Crippen LogP contribution in [0, 0.1) is 20.2 Å². The molecule has 0 aliphatic carbocycles. The lowest BCUT2D eigenvalue weighted by Gasteiger charge is -2.02. The Balaban J connectivity index is 1.91. The molecular formula is C14H8N4O5S. The fourth-order valence-electron chi connectivity index (χ4n) is 2.07. The first-order valence-corrected chi connectivity index (χ1v) is 7.37. The van der Waals surface area contributed by atoms with E-state index in [0.29, 0.717) is 10.2 Å². The zero-order chi connectivity index (χ0) is 17.3. The highest BCUT2D eigenvalue weighted by Crippen LogP contribution is 2.29. The molecule has 10 heteroatoms. The van der Waals surface area contributed by atoms with E-state index in [4.69, 9.17) is 0 Å². The number of rotatable bonds is 4. The molecule has 1 amide bonds. The summed E-state index contributed by atoms with van der Waals surface area (Å²) in [6.07, 6.45) is 0. The van der Waals surface area contributed by atoms with Gasteiger partial charge >= 0.3 is 0 Å². The van der Waals surface area contributed by atoms with Gasteiger partial charge in [-0.3, -0.25) is 30.3 Å². The number of nitrogens with one attached hydrogen (secondary N) is 1. The Morgan fingerprint density at radius 2 is 1.83 bits per heavy atom. The first-order chi connectivity index (χ1) is 11.5. The summed E-state index contributed by atoms with van der Waals surface area (Å²) in [7, 11) is 0. The second kappa shape index (κ2) is 6.01. The average molecular weight is 344 g/mol. The van der Waals surface area contributed by atoms with Crippen LogP contribution in [0.4, 0.5) is 16.5 Å². The molecule has 0 aliphatic rings. The van der Waals surface area contributed by atoms with E-state index in [1.54, 1.807) is 0 Å². The molecule has 0 radical (unpaired) electrons. The molecular weight excluding hydrogens is 336 g/mol. The minimum Gasteiger partial charge on any atom is -0.298 e. The fraction of sp³-hybridized carbons (Fsp3) is 0. The van der Waals surface area contributed by atoms with Crippen LogP contribution in [0.15, 0.2) is 42.5 Å². The van der Waals surface area contributed by atoms with Gasteiger partial charge in [-0.25, -0.2) is 4.98 Å². The van der Waals surface area contributed by atoms with Crippen LogP contribution in [-0.4, -0.2) is 20.7 Å². The molecule has 9 nitrogen and oxygen atoms in total. The van der Waals surface area contributed by atoms with Gasteiger partial charge in [-0.05, 0) is 12.1 Å². The van der Waals surface area contributed by atoms with E-state index in [2.05, 4.69) is 10.3 Å². The third-order valence-electron chi connectivity index (χ3n) is 3.15. The summed E-state index contributed by atoms with van der Waals surface area (Å²) in [5, 5.41) is 24.4. The van der Waals surface area contributed by atoms with E-state index < -0.39 is 15.8 Å². The number of carbonyl (C=O) groups is 1. The fourth-order valence-corrected chi connectivity index (χ4v) is 2.91. The lowest BCUT2D eigenvalue weighted by molar-refractivity contribution is -0.385. The first-order valence-electron chi connectivity index (χ1n) is 6.55. The van der Waals surface area contributed by atoms with Crippen molar-refractivity contribution >= 4 is 44.0 Å². The Labute approximate surface area is 137 Å². The summed E-state index contributed by atoms with van der Waals surface area (Å²) >= 11 is 1.12. The van der Waals surface area contributed by atoms with E-state index in [9.17, 15) is 25.0 Å². The number of hydrogen-bond acceptors (Lipinski definition) is 7. The summed E-state index contributed by atoms with van der Waals surface area (Å²) in [6, 6.07) is 9.73. The minimum atomic E-state index is -0.671. The molecule has 1 heterocycles. The highest BCUT2D eigenvalue weighted by Gasteiger charge is 2.20. The number of carbonyl (C=O) groups excluding carboxylic acids is 1. The zero-order valence-corrected chi connectivity index (χ0v) is 12.6. The van der Waals surface area contributed by atoms with Crippen LogP contribution in [0.1, 0.15) is 10.4 Å². The van der Waals surface area contributed by atoms with Crippen molar-refractivity contribution < 1.29 is 14.6 Å². The highest BCUT2D eigenvalue weighted by atomic mass is 32.1. The van der Waals surface area contributed by atoms with E-state index in [-0.39, 0.29) is 22.1 Å². The molecule has 0 saturated heterocycles. The summed E-state index contributed by atoms with van der Waals surface area (Å²) in [4.78, 5) is 36.9. The molecule has 24 heavy (non-hydrogen) atoms. The maximum Gasteiger partial charge on any atom is 0.282 e. The van der Waals surface area contributed by atoms with Gasteiger partial charge in [0.1, 0.15) is 5.56 Å². The normalized spacial score (nSPS) is 10.5. The van der Waals surface area contributed by atoms with Gasteiger partial charge < -0.3 is 0 Å². The Bertz CT molecular complexity index is 984. The number of non-ortho nitro benzene ring substituents is 1. The molecule has 0 spiro atoms. The number of nitro groups is 2. The Morgan fingerprint density at radius 3 is 2.54 bits per heavy atom. The Hall–Kier alpha value is -3.40.